The van der Waals surface area contributed by atoms with Gasteiger partial charge >= 0.3 is 0 Å². The molecule has 0 saturated carbocycles. The van der Waals surface area contributed by atoms with Crippen molar-refractivity contribution >= 4 is 6.21 Å². The second-order valence-corrected chi connectivity index (χ2v) is 1.43. The Labute approximate surface area is 71.4 Å². The Bertz CT molecular complexity index is 68.0. The van der Waals surface area contributed by atoms with E-state index in [0.717, 1.165) is 0 Å². The van der Waals surface area contributed by atoms with Gasteiger partial charge in [0.1, 0.15) is 0 Å². The normalized spacial score (nSPS) is 7.00. The van der Waals surface area contributed by atoms with Crippen molar-refractivity contribution in [2.24, 2.45) is 5.10 Å². The minimum atomic E-state index is 1.25. The van der Waals surface area contributed by atoms with E-state index in [1.54, 1.807) is 6.21 Å². The molecule has 0 heterocycles. The monoisotopic (exact) mass is 158 g/mol. The van der Waals surface area contributed by atoms with Crippen molar-refractivity contribution in [2.75, 3.05) is 0 Å². The summed E-state index contributed by atoms with van der Waals surface area (Å²) in [4.78, 5) is 0. The lowest BCUT2D eigenvalue weighted by molar-refractivity contribution is 0.978. The van der Waals surface area contributed by atoms with E-state index in [1.807, 2.05) is 20.8 Å². The zero-order valence-electron chi connectivity index (χ0n) is 8.52. The van der Waals surface area contributed by atoms with E-state index in [-0.39, 0.29) is 0 Å². The lowest BCUT2D eigenvalue weighted by atomic mass is 10.6. The van der Waals surface area contributed by atoms with Crippen molar-refractivity contribution in [3.63, 3.8) is 0 Å². The van der Waals surface area contributed by atoms with E-state index in [0.29, 0.717) is 0 Å². The Morgan fingerprint density at radius 3 is 1.82 bits per heavy atom. The van der Waals surface area contributed by atoms with Gasteiger partial charge in [-0.15, -0.1) is 0 Å². The minimum absolute atomic E-state index is 1.25. The molecule has 0 rings (SSSR count). The molecule has 2 heteroatoms. The number of nitrogens with one attached hydrogen (secondary N) is 1. The second kappa shape index (κ2) is 35.0. The van der Waals surface area contributed by atoms with E-state index in [1.165, 1.54) is 12.6 Å². The van der Waals surface area contributed by atoms with Gasteiger partial charge in [-0.05, 0) is 6.92 Å². The van der Waals surface area contributed by atoms with E-state index < -0.39 is 0 Å². The second-order valence-electron chi connectivity index (χ2n) is 1.43. The van der Waals surface area contributed by atoms with Crippen LogP contribution in [0.3, 0.4) is 0 Å². The molecule has 11 heavy (non-hydrogen) atoms. The van der Waals surface area contributed by atoms with Crippen LogP contribution >= 0.6 is 0 Å². The van der Waals surface area contributed by atoms with E-state index in [9.17, 15) is 0 Å². The highest BCUT2D eigenvalue weighted by Gasteiger charge is 1.50. The third-order valence-corrected chi connectivity index (χ3v) is 0.295. The molecular formula is C9H22N2. The van der Waals surface area contributed by atoms with Gasteiger partial charge in [0.2, 0.25) is 0 Å². The predicted molar refractivity (Wildman–Crippen MR) is 54.8 cm³/mol. The van der Waals surface area contributed by atoms with Gasteiger partial charge in [-0.3, -0.25) is 5.43 Å². The molecule has 1 N–H and O–H groups in total. The van der Waals surface area contributed by atoms with Gasteiger partial charge in [-0.25, -0.2) is 0 Å². The van der Waals surface area contributed by atoms with E-state index >= 15 is 0 Å². The number of hydrazone groups is 1. The molecule has 0 aromatic heterocycles. The van der Waals surface area contributed by atoms with Crippen LogP contribution < -0.4 is 5.43 Å². The number of hydrogen-bond donors (Lipinski definition) is 1. The first-order valence-electron chi connectivity index (χ1n) is 4.17. The summed E-state index contributed by atoms with van der Waals surface area (Å²) in [7, 11) is 0. The fourth-order valence-electron chi connectivity index (χ4n) is 0.127. The Morgan fingerprint density at radius 2 is 1.73 bits per heavy atom. The van der Waals surface area contributed by atoms with Crippen molar-refractivity contribution in [1.82, 2.24) is 5.43 Å². The van der Waals surface area contributed by atoms with Crippen LogP contribution in [0.5, 0.6) is 0 Å². The van der Waals surface area contributed by atoms with Crippen LogP contribution in [0.1, 0.15) is 41.0 Å². The fourth-order valence-corrected chi connectivity index (χ4v) is 0.127. The van der Waals surface area contributed by atoms with Crippen LogP contribution in [-0.4, -0.2) is 6.21 Å². The zero-order valence-corrected chi connectivity index (χ0v) is 8.52. The molecule has 0 aliphatic carbocycles. The molecular weight excluding hydrogens is 136 g/mol. The lowest BCUT2D eigenvalue weighted by Crippen LogP contribution is -1.88. The molecule has 0 unspecified atom stereocenters. The summed E-state index contributed by atoms with van der Waals surface area (Å²) >= 11 is 0. The topological polar surface area (TPSA) is 24.4 Å². The van der Waals surface area contributed by atoms with Crippen molar-refractivity contribution in [2.45, 2.75) is 41.0 Å². The van der Waals surface area contributed by atoms with Gasteiger partial charge in [0.15, 0.2) is 0 Å². The average molecular weight is 158 g/mol. The molecule has 0 aromatic carbocycles. The highest BCUT2D eigenvalue weighted by molar-refractivity contribution is 5.52. The number of hydrogen-bond acceptors (Lipinski definition) is 2. The third-order valence-electron chi connectivity index (χ3n) is 0.295. The Balaban J connectivity index is -0.000000109. The first-order chi connectivity index (χ1) is 5.33. The molecule has 2 nitrogen and oxygen atoms in total. The molecule has 0 spiro atoms. The molecule has 0 amide bonds. The molecule has 0 aliphatic rings. The molecule has 68 valence electrons. The summed E-state index contributed by atoms with van der Waals surface area (Å²) < 4.78 is 0. The van der Waals surface area contributed by atoms with Crippen LogP contribution in [0.4, 0.5) is 0 Å². The Kier molecular flexibility index (Phi) is 53.0. The summed E-state index contributed by atoms with van der Waals surface area (Å²) in [5.41, 5.74) is 2.53. The minimum Gasteiger partial charge on any atom is -0.287 e. The molecule has 0 aromatic rings. The van der Waals surface area contributed by atoms with Crippen molar-refractivity contribution in [3.05, 3.63) is 12.8 Å². The smallest absolute Gasteiger partial charge is 0.0215 e. The van der Waals surface area contributed by atoms with Crippen LogP contribution in [0.25, 0.3) is 0 Å². The van der Waals surface area contributed by atoms with Gasteiger partial charge in [0.05, 0.1) is 0 Å². The molecule has 0 atom stereocenters. The molecule has 0 saturated heterocycles. The Morgan fingerprint density at radius 1 is 1.36 bits per heavy atom. The quantitative estimate of drug-likeness (QED) is 0.484. The summed E-state index contributed by atoms with van der Waals surface area (Å²) in [6.45, 7) is 13.5. The maximum atomic E-state index is 3.60. The van der Waals surface area contributed by atoms with Crippen LogP contribution in [0.15, 0.2) is 17.9 Å². The molecule has 0 aliphatic heterocycles. The van der Waals surface area contributed by atoms with Crippen LogP contribution in [-0.2, 0) is 0 Å². The summed E-state index contributed by atoms with van der Waals surface area (Å²) in [6, 6.07) is 0. The van der Waals surface area contributed by atoms with Gasteiger partial charge in [-0.2, -0.15) is 5.10 Å². The number of rotatable bonds is 2. The number of nitrogens with zero attached hydrogens (tertiary/aromatic N) is 1. The largest absolute Gasteiger partial charge is 0.287 e. The first kappa shape index (κ1) is 16.7. The summed E-state index contributed by atoms with van der Waals surface area (Å²) in [5.74, 6) is 0. The molecule has 0 radical (unpaired) electrons. The van der Waals surface area contributed by atoms with E-state index in [4.69, 9.17) is 0 Å². The van der Waals surface area contributed by atoms with Gasteiger partial charge < -0.3 is 0 Å². The van der Waals surface area contributed by atoms with Crippen LogP contribution in [0, 0.1) is 0 Å². The molecule has 0 fully saturated rings. The van der Waals surface area contributed by atoms with Crippen LogP contribution in [0.2, 0.25) is 0 Å². The van der Waals surface area contributed by atoms with Gasteiger partial charge in [-0.1, -0.05) is 40.7 Å². The average Bonchev–Trinajstić information content (AvgIpc) is 2.06. The highest BCUT2D eigenvalue weighted by Crippen LogP contribution is 1.56. The van der Waals surface area contributed by atoms with Crippen molar-refractivity contribution in [3.8, 4) is 0 Å². The van der Waals surface area contributed by atoms with Crippen molar-refractivity contribution < 1.29 is 0 Å². The maximum absolute atomic E-state index is 3.60. The summed E-state index contributed by atoms with van der Waals surface area (Å²) in [6.07, 6.45) is 4.42. The molecule has 0 bridgehead atoms. The predicted octanol–water partition coefficient (Wildman–Crippen LogP) is 3.17. The SMILES string of the molecule is C=CN/N=C\C.CC.CCC. The van der Waals surface area contributed by atoms with Gasteiger partial charge in [0.25, 0.3) is 0 Å². The maximum Gasteiger partial charge on any atom is 0.0215 e. The summed E-state index contributed by atoms with van der Waals surface area (Å²) in [5, 5.41) is 3.60. The first-order valence-corrected chi connectivity index (χ1v) is 4.17. The van der Waals surface area contributed by atoms with Gasteiger partial charge in [0, 0.05) is 12.4 Å². The Hall–Kier alpha value is -0.790. The zero-order chi connectivity index (χ0) is 9.54. The highest BCUT2D eigenvalue weighted by atomic mass is 15.3. The lowest BCUT2D eigenvalue weighted by Gasteiger charge is -1.79. The fraction of sp³-hybridized carbons (Fsp3) is 0.667. The standard InChI is InChI=1S/C4H8N2.C3H8.C2H6/c1-3-5-6-4-2;1-3-2;1-2/h3-5H,1H2,2H3;3H2,1-2H3;1-2H3/b6-4-;;. The van der Waals surface area contributed by atoms with Crippen molar-refractivity contribution in [1.29, 1.82) is 0 Å². The van der Waals surface area contributed by atoms with E-state index in [2.05, 4.69) is 31.0 Å². The third kappa shape index (κ3) is 98.0.